The van der Waals surface area contributed by atoms with Crippen molar-refractivity contribution in [1.82, 2.24) is 15.4 Å². The summed E-state index contributed by atoms with van der Waals surface area (Å²) in [5.74, 6) is 0.387. The second kappa shape index (κ2) is 10.5. The van der Waals surface area contributed by atoms with Crippen LogP contribution in [-0.2, 0) is 27.7 Å². The lowest BCUT2D eigenvalue weighted by molar-refractivity contribution is 0.587. The fourth-order valence-corrected chi connectivity index (χ4v) is 4.08. The molecule has 2 aromatic carbocycles. The third-order valence-electron chi connectivity index (χ3n) is 5.23. The van der Waals surface area contributed by atoms with Gasteiger partial charge in [0.05, 0.1) is 5.75 Å². The summed E-state index contributed by atoms with van der Waals surface area (Å²) in [5, 5.41) is 6.59. The molecule has 164 valence electrons. The van der Waals surface area contributed by atoms with Gasteiger partial charge in [-0.3, -0.25) is 4.99 Å². The first-order valence-electron chi connectivity index (χ1n) is 9.55. The molecule has 0 aliphatic heterocycles. The number of rotatable bonds is 8. The molecule has 0 saturated heterocycles. The minimum absolute atomic E-state index is 0. The van der Waals surface area contributed by atoms with Crippen molar-refractivity contribution in [2.75, 3.05) is 20.6 Å². The summed E-state index contributed by atoms with van der Waals surface area (Å²) in [6.07, 6.45) is 2.03. The third-order valence-corrected chi connectivity index (χ3v) is 6.56. The van der Waals surface area contributed by atoms with Crippen LogP contribution in [0.15, 0.2) is 53.5 Å². The van der Waals surface area contributed by atoms with Crippen molar-refractivity contribution in [3.63, 3.8) is 0 Å². The van der Waals surface area contributed by atoms with E-state index in [1.54, 1.807) is 25.2 Å². The van der Waals surface area contributed by atoms with Gasteiger partial charge in [0.25, 0.3) is 0 Å². The Morgan fingerprint density at radius 2 is 1.80 bits per heavy atom. The van der Waals surface area contributed by atoms with Gasteiger partial charge >= 0.3 is 0 Å². The first-order chi connectivity index (χ1) is 13.9. The van der Waals surface area contributed by atoms with Gasteiger partial charge in [-0.25, -0.2) is 17.5 Å². The van der Waals surface area contributed by atoms with E-state index >= 15 is 0 Å². The van der Waals surface area contributed by atoms with Crippen LogP contribution in [0.5, 0.6) is 0 Å². The van der Waals surface area contributed by atoms with Gasteiger partial charge in [-0.2, -0.15) is 0 Å². The maximum Gasteiger partial charge on any atom is 0.215 e. The summed E-state index contributed by atoms with van der Waals surface area (Å²) in [5.41, 5.74) is 2.66. The molecular weight excluding hydrogens is 518 g/mol. The zero-order chi connectivity index (χ0) is 20.9. The molecule has 0 unspecified atom stereocenters. The Hall–Kier alpha value is -1.72. The molecule has 1 aliphatic rings. The number of benzene rings is 2. The minimum Gasteiger partial charge on any atom is -0.356 e. The van der Waals surface area contributed by atoms with E-state index in [2.05, 4.69) is 20.3 Å². The number of nitrogens with zero attached hydrogens (tertiary/aromatic N) is 1. The largest absolute Gasteiger partial charge is 0.356 e. The van der Waals surface area contributed by atoms with Crippen molar-refractivity contribution in [1.29, 1.82) is 0 Å². The molecule has 30 heavy (non-hydrogen) atoms. The van der Waals surface area contributed by atoms with E-state index in [0.717, 1.165) is 29.5 Å². The van der Waals surface area contributed by atoms with E-state index in [0.29, 0.717) is 19.0 Å². The van der Waals surface area contributed by atoms with E-state index in [9.17, 15) is 12.8 Å². The van der Waals surface area contributed by atoms with Crippen LogP contribution in [0.25, 0.3) is 0 Å². The molecule has 0 heterocycles. The number of halogens is 2. The highest BCUT2D eigenvalue weighted by atomic mass is 127. The van der Waals surface area contributed by atoms with E-state index in [-0.39, 0.29) is 41.0 Å². The lowest BCUT2D eigenvalue weighted by atomic mass is 9.96. The van der Waals surface area contributed by atoms with E-state index in [1.165, 1.54) is 13.1 Å². The normalized spacial score (nSPS) is 15.2. The average Bonchev–Trinajstić information content (AvgIpc) is 3.49. The summed E-state index contributed by atoms with van der Waals surface area (Å²) < 4.78 is 39.4. The first kappa shape index (κ1) is 24.5. The number of aliphatic imine (C=N–C) groups is 1. The van der Waals surface area contributed by atoms with Gasteiger partial charge in [0.1, 0.15) is 5.82 Å². The zero-order valence-electron chi connectivity index (χ0n) is 17.1. The van der Waals surface area contributed by atoms with Gasteiger partial charge in [-0.1, -0.05) is 36.4 Å². The second-order valence-electron chi connectivity index (χ2n) is 7.35. The second-order valence-corrected chi connectivity index (χ2v) is 9.28. The van der Waals surface area contributed by atoms with Crippen molar-refractivity contribution in [2.24, 2.45) is 4.99 Å². The number of sulfonamides is 1. The van der Waals surface area contributed by atoms with Crippen molar-refractivity contribution in [3.8, 4) is 0 Å². The number of nitrogens with one attached hydrogen (secondary N) is 3. The molecule has 1 fully saturated rings. The maximum absolute atomic E-state index is 13.6. The summed E-state index contributed by atoms with van der Waals surface area (Å²) >= 11 is 0. The monoisotopic (exact) mass is 546 g/mol. The standard InChI is InChI=1S/C21H27FN4O2S.HI/c1-23-20(26-15-21(9-10-21)18-7-4-8-19(22)12-18)25-13-16-5-3-6-17(11-16)14-29(27,28)24-2;/h3-8,11-12,24H,9-10,13-15H2,1-2H3,(H2,23,25,26);1H. The van der Waals surface area contributed by atoms with E-state index in [4.69, 9.17) is 0 Å². The molecule has 0 atom stereocenters. The van der Waals surface area contributed by atoms with Crippen LogP contribution in [0.3, 0.4) is 0 Å². The van der Waals surface area contributed by atoms with Crippen molar-refractivity contribution < 1.29 is 12.8 Å². The highest BCUT2D eigenvalue weighted by Crippen LogP contribution is 2.47. The lowest BCUT2D eigenvalue weighted by Gasteiger charge is -2.19. The smallest absolute Gasteiger partial charge is 0.215 e. The molecule has 2 aromatic rings. The fraction of sp³-hybridized carbons (Fsp3) is 0.381. The number of guanidine groups is 1. The Labute approximate surface area is 194 Å². The summed E-state index contributed by atoms with van der Waals surface area (Å²) in [6, 6.07) is 14.2. The minimum atomic E-state index is -3.31. The Morgan fingerprint density at radius 3 is 2.43 bits per heavy atom. The van der Waals surface area contributed by atoms with Gasteiger partial charge < -0.3 is 10.6 Å². The van der Waals surface area contributed by atoms with Crippen LogP contribution in [0.2, 0.25) is 0 Å². The summed E-state index contributed by atoms with van der Waals surface area (Å²) in [7, 11) is -0.195. The molecule has 1 aliphatic carbocycles. The van der Waals surface area contributed by atoms with Crippen LogP contribution >= 0.6 is 24.0 Å². The number of hydrogen-bond acceptors (Lipinski definition) is 3. The molecule has 0 spiro atoms. The highest BCUT2D eigenvalue weighted by Gasteiger charge is 2.44. The molecule has 3 N–H and O–H groups in total. The molecule has 0 amide bonds. The van der Waals surface area contributed by atoms with Crippen LogP contribution < -0.4 is 15.4 Å². The zero-order valence-corrected chi connectivity index (χ0v) is 20.3. The van der Waals surface area contributed by atoms with Crippen LogP contribution in [-0.4, -0.2) is 35.0 Å². The van der Waals surface area contributed by atoms with Gasteiger partial charge in [-0.05, 0) is 48.7 Å². The van der Waals surface area contributed by atoms with Gasteiger partial charge in [-0.15, -0.1) is 24.0 Å². The average molecular weight is 546 g/mol. The molecule has 6 nitrogen and oxygen atoms in total. The Balaban J connectivity index is 0.00000320. The highest BCUT2D eigenvalue weighted by molar-refractivity contribution is 14.0. The van der Waals surface area contributed by atoms with Gasteiger partial charge in [0, 0.05) is 25.6 Å². The topological polar surface area (TPSA) is 82.6 Å². The van der Waals surface area contributed by atoms with Crippen LogP contribution in [0.1, 0.15) is 29.5 Å². The Kier molecular flexibility index (Phi) is 8.62. The molecule has 3 rings (SSSR count). The van der Waals surface area contributed by atoms with Crippen molar-refractivity contribution in [3.05, 3.63) is 71.0 Å². The molecule has 0 aromatic heterocycles. The predicted molar refractivity (Wildman–Crippen MR) is 129 cm³/mol. The first-order valence-corrected chi connectivity index (χ1v) is 11.2. The number of hydrogen-bond donors (Lipinski definition) is 3. The molecule has 0 radical (unpaired) electrons. The van der Waals surface area contributed by atoms with E-state index in [1.807, 2.05) is 24.3 Å². The third kappa shape index (κ3) is 6.64. The summed E-state index contributed by atoms with van der Waals surface area (Å²) in [4.78, 5) is 4.25. The van der Waals surface area contributed by atoms with Crippen molar-refractivity contribution >= 4 is 40.0 Å². The fourth-order valence-electron chi connectivity index (χ4n) is 3.32. The van der Waals surface area contributed by atoms with Crippen LogP contribution in [0.4, 0.5) is 4.39 Å². The predicted octanol–water partition coefficient (Wildman–Crippen LogP) is 2.89. The maximum atomic E-state index is 13.6. The lowest BCUT2D eigenvalue weighted by Crippen LogP contribution is -2.40. The summed E-state index contributed by atoms with van der Waals surface area (Å²) in [6.45, 7) is 1.19. The van der Waals surface area contributed by atoms with Crippen LogP contribution in [0, 0.1) is 5.82 Å². The quantitative estimate of drug-likeness (QED) is 0.270. The molecule has 9 heteroatoms. The van der Waals surface area contributed by atoms with Gasteiger partial charge in [0.2, 0.25) is 10.0 Å². The van der Waals surface area contributed by atoms with Gasteiger partial charge in [0.15, 0.2) is 5.96 Å². The molecular formula is C21H28FIN4O2S. The van der Waals surface area contributed by atoms with Crippen molar-refractivity contribution in [2.45, 2.75) is 30.6 Å². The molecule has 0 bridgehead atoms. The Bertz CT molecular complexity index is 994. The SMILES string of the molecule is CN=C(NCc1cccc(CS(=O)(=O)NC)c1)NCC1(c2cccc(F)c2)CC1.I. The van der Waals surface area contributed by atoms with E-state index < -0.39 is 10.0 Å². The Morgan fingerprint density at radius 1 is 1.10 bits per heavy atom. The molecule has 1 saturated carbocycles.